The molecular weight excluding hydrogens is 248 g/mol. The van der Waals surface area contributed by atoms with Gasteiger partial charge in [-0.1, -0.05) is 11.6 Å². The van der Waals surface area contributed by atoms with Gasteiger partial charge in [0.25, 0.3) is 0 Å². The van der Waals surface area contributed by atoms with Crippen LogP contribution in [0.1, 0.15) is 0 Å². The Bertz CT molecular complexity index is 467. The summed E-state index contributed by atoms with van der Waals surface area (Å²) in [6, 6.07) is 0. The number of nitrogen functional groups attached to an aromatic ring is 1. The van der Waals surface area contributed by atoms with Crippen molar-refractivity contribution in [3.8, 4) is 0 Å². The fourth-order valence-corrected chi connectivity index (χ4v) is 1.55. The van der Waals surface area contributed by atoms with Crippen LogP contribution in [0.3, 0.4) is 0 Å². The number of aromatic nitrogens is 4. The maximum Gasteiger partial charge on any atom is 0.225 e. The molecule has 72 valence electrons. The number of rotatable bonds is 0. The van der Waals surface area contributed by atoms with Crippen molar-refractivity contribution in [2.75, 3.05) is 5.73 Å². The van der Waals surface area contributed by atoms with Crippen molar-refractivity contribution in [1.29, 1.82) is 0 Å². The number of nitrogens with zero attached hydrogens (tertiary/aromatic N) is 4. The molecule has 2 N–H and O–H groups in total. The monoisotopic (exact) mass is 249 g/mol. The van der Waals surface area contributed by atoms with Crippen LogP contribution < -0.4 is 5.73 Å². The Balaban J connectivity index is 2.94. The van der Waals surface area contributed by atoms with Crippen LogP contribution >= 0.6 is 34.8 Å². The van der Waals surface area contributed by atoms with Crippen LogP contribution in [0.2, 0.25) is 15.7 Å². The molecule has 0 amide bonds. The van der Waals surface area contributed by atoms with E-state index in [1.807, 2.05) is 0 Å². The first-order valence-corrected chi connectivity index (χ1v) is 4.53. The van der Waals surface area contributed by atoms with Crippen molar-refractivity contribution >= 4 is 51.7 Å². The van der Waals surface area contributed by atoms with E-state index in [0.29, 0.717) is 5.52 Å². The van der Waals surface area contributed by atoms with Gasteiger partial charge in [-0.05, 0) is 23.2 Å². The molecule has 0 fully saturated rings. The molecule has 0 aliphatic rings. The molecule has 0 atom stereocenters. The van der Waals surface area contributed by atoms with E-state index in [-0.39, 0.29) is 27.1 Å². The van der Waals surface area contributed by atoms with Gasteiger partial charge in [0, 0.05) is 0 Å². The molecule has 0 aliphatic carbocycles. The predicted molar refractivity (Wildman–Crippen MR) is 54.6 cm³/mol. The minimum absolute atomic E-state index is 0.0113. The third kappa shape index (κ3) is 1.54. The first-order chi connectivity index (χ1) is 6.58. The van der Waals surface area contributed by atoms with Crippen LogP contribution in [0.25, 0.3) is 11.0 Å². The summed E-state index contributed by atoms with van der Waals surface area (Å²) >= 11 is 16.9. The van der Waals surface area contributed by atoms with Gasteiger partial charge < -0.3 is 5.73 Å². The van der Waals surface area contributed by atoms with Gasteiger partial charge in [-0.15, -0.1) is 0 Å². The number of hydrogen-bond donors (Lipinski definition) is 1. The predicted octanol–water partition coefficient (Wildman–Crippen LogP) is 1.96. The lowest BCUT2D eigenvalue weighted by molar-refractivity contribution is 1.15. The van der Waals surface area contributed by atoms with Gasteiger partial charge in [0.1, 0.15) is 11.0 Å². The van der Waals surface area contributed by atoms with Crippen LogP contribution in [0.5, 0.6) is 0 Å². The van der Waals surface area contributed by atoms with Gasteiger partial charge in [-0.3, -0.25) is 0 Å². The maximum absolute atomic E-state index is 5.77. The Morgan fingerprint density at radius 3 is 2.07 bits per heavy atom. The smallest absolute Gasteiger partial charge is 0.225 e. The molecule has 0 aliphatic heterocycles. The summed E-state index contributed by atoms with van der Waals surface area (Å²) in [7, 11) is 0. The maximum atomic E-state index is 5.77. The third-order valence-corrected chi connectivity index (χ3v) is 2.08. The van der Waals surface area contributed by atoms with Crippen molar-refractivity contribution in [3.63, 3.8) is 0 Å². The van der Waals surface area contributed by atoms with Crippen molar-refractivity contribution in [2.45, 2.75) is 0 Å². The van der Waals surface area contributed by atoms with Crippen molar-refractivity contribution in [3.05, 3.63) is 15.7 Å². The topological polar surface area (TPSA) is 77.6 Å². The van der Waals surface area contributed by atoms with E-state index in [0.717, 1.165) is 0 Å². The number of hydrogen-bond acceptors (Lipinski definition) is 5. The van der Waals surface area contributed by atoms with E-state index in [2.05, 4.69) is 19.9 Å². The first-order valence-electron chi connectivity index (χ1n) is 3.39. The van der Waals surface area contributed by atoms with Crippen molar-refractivity contribution in [1.82, 2.24) is 19.9 Å². The number of nitrogens with two attached hydrogens (primary N) is 1. The number of fused-ring (bicyclic) bond motifs is 1. The zero-order chi connectivity index (χ0) is 10.3. The average molecular weight is 250 g/mol. The lowest BCUT2D eigenvalue weighted by Crippen LogP contribution is -1.99. The van der Waals surface area contributed by atoms with E-state index >= 15 is 0 Å². The lowest BCUT2D eigenvalue weighted by atomic mass is 10.4. The number of anilines is 1. The van der Waals surface area contributed by atoms with Gasteiger partial charge in [-0.25, -0.2) is 15.0 Å². The molecule has 0 radical (unpaired) electrons. The molecule has 2 heterocycles. The standard InChI is InChI=1S/C6H2Cl3N5/c7-3-1-2(12-5(8)13-3)4(10)14-6(9)11-1/h(H2,10,11,14). The molecule has 2 aromatic heterocycles. The summed E-state index contributed by atoms with van der Waals surface area (Å²) in [5.74, 6) is 0.117. The molecule has 0 bridgehead atoms. The molecule has 8 heteroatoms. The zero-order valence-electron chi connectivity index (χ0n) is 6.50. The van der Waals surface area contributed by atoms with Crippen molar-refractivity contribution in [2.24, 2.45) is 0 Å². The Morgan fingerprint density at radius 1 is 0.786 bits per heavy atom. The summed E-state index contributed by atoms with van der Waals surface area (Å²) in [6.07, 6.45) is 0. The molecule has 0 saturated heterocycles. The second-order valence-corrected chi connectivity index (χ2v) is 3.39. The summed E-state index contributed by atoms with van der Waals surface area (Å²) in [5, 5.41) is 0.0685. The molecule has 2 rings (SSSR count). The molecule has 0 unspecified atom stereocenters. The van der Waals surface area contributed by atoms with Crippen LogP contribution in [0, 0.1) is 0 Å². The van der Waals surface area contributed by atoms with Gasteiger partial charge >= 0.3 is 0 Å². The highest BCUT2D eigenvalue weighted by molar-refractivity contribution is 6.36. The summed E-state index contributed by atoms with van der Waals surface area (Å²) in [4.78, 5) is 15.1. The normalized spacial score (nSPS) is 10.8. The molecular formula is C6H2Cl3N5. The molecule has 5 nitrogen and oxygen atoms in total. The minimum atomic E-state index is -0.0138. The van der Waals surface area contributed by atoms with Crippen LogP contribution in [-0.2, 0) is 0 Å². The SMILES string of the molecule is Nc1nc(Cl)nc2c(Cl)nc(Cl)nc12. The lowest BCUT2D eigenvalue weighted by Gasteiger charge is -2.01. The molecule has 0 aromatic carbocycles. The second kappa shape index (κ2) is 3.34. The summed E-state index contributed by atoms with van der Waals surface area (Å²) in [5.41, 5.74) is 6.13. The largest absolute Gasteiger partial charge is 0.382 e. The van der Waals surface area contributed by atoms with Crippen LogP contribution in [0.15, 0.2) is 0 Å². The van der Waals surface area contributed by atoms with Gasteiger partial charge in [0.2, 0.25) is 10.6 Å². The van der Waals surface area contributed by atoms with E-state index in [9.17, 15) is 0 Å². The highest BCUT2D eigenvalue weighted by Gasteiger charge is 2.11. The Labute approximate surface area is 93.2 Å². The Hall–Kier alpha value is -0.910. The fourth-order valence-electron chi connectivity index (χ4n) is 0.949. The van der Waals surface area contributed by atoms with E-state index in [1.165, 1.54) is 0 Å². The minimum Gasteiger partial charge on any atom is -0.382 e. The third-order valence-electron chi connectivity index (χ3n) is 1.47. The quantitative estimate of drug-likeness (QED) is 0.571. The molecule has 2 aromatic rings. The van der Waals surface area contributed by atoms with Gasteiger partial charge in [-0.2, -0.15) is 4.98 Å². The highest BCUT2D eigenvalue weighted by atomic mass is 35.5. The Morgan fingerprint density at radius 2 is 1.36 bits per heavy atom. The van der Waals surface area contributed by atoms with E-state index in [4.69, 9.17) is 40.5 Å². The van der Waals surface area contributed by atoms with Crippen LogP contribution in [0.4, 0.5) is 5.82 Å². The number of halogens is 3. The average Bonchev–Trinajstić information content (AvgIpc) is 2.07. The first kappa shape index (κ1) is 9.64. The van der Waals surface area contributed by atoms with E-state index < -0.39 is 0 Å². The van der Waals surface area contributed by atoms with Crippen LogP contribution in [-0.4, -0.2) is 19.9 Å². The Kier molecular flexibility index (Phi) is 2.30. The molecule has 14 heavy (non-hydrogen) atoms. The van der Waals surface area contributed by atoms with Gasteiger partial charge in [0.05, 0.1) is 0 Å². The molecule has 0 spiro atoms. The van der Waals surface area contributed by atoms with Gasteiger partial charge in [0.15, 0.2) is 11.0 Å². The molecule has 0 saturated carbocycles. The highest BCUT2D eigenvalue weighted by Crippen LogP contribution is 2.24. The zero-order valence-corrected chi connectivity index (χ0v) is 8.77. The summed E-state index contributed by atoms with van der Waals surface area (Å²) < 4.78 is 0. The fraction of sp³-hybridized carbons (Fsp3) is 0. The van der Waals surface area contributed by atoms with E-state index in [1.54, 1.807) is 0 Å². The summed E-state index contributed by atoms with van der Waals surface area (Å²) in [6.45, 7) is 0. The second-order valence-electron chi connectivity index (χ2n) is 2.36. The van der Waals surface area contributed by atoms with Crippen molar-refractivity contribution < 1.29 is 0 Å².